The van der Waals surface area contributed by atoms with E-state index in [1.165, 1.54) is 0 Å². The second kappa shape index (κ2) is 7.42. The van der Waals surface area contributed by atoms with Crippen molar-refractivity contribution < 1.29 is 13.9 Å². The standard InChI is InChI=1S/C22H19N3O3S/c1-13-23-20(12-28-13)15-4-2-14(3-5-15)8-16-9-19(22(26)24-17-10-27-11-17)25-18-6-7-29-21(16)18/h2-7,9,12,17H,8,10-11H2,1H3,(H,24,26). The summed E-state index contributed by atoms with van der Waals surface area (Å²) in [5, 5.41) is 4.98. The molecule has 1 aliphatic rings. The number of aromatic nitrogens is 2. The molecular formula is C22H19N3O3S. The highest BCUT2D eigenvalue weighted by Crippen LogP contribution is 2.27. The van der Waals surface area contributed by atoms with Crippen molar-refractivity contribution in [1.82, 2.24) is 15.3 Å². The zero-order valence-electron chi connectivity index (χ0n) is 15.8. The van der Waals surface area contributed by atoms with Crippen LogP contribution >= 0.6 is 11.3 Å². The lowest BCUT2D eigenvalue weighted by Crippen LogP contribution is -2.48. The summed E-state index contributed by atoms with van der Waals surface area (Å²) < 4.78 is 11.5. The van der Waals surface area contributed by atoms with Crippen LogP contribution in [-0.4, -0.2) is 35.1 Å². The second-order valence-electron chi connectivity index (χ2n) is 7.13. The highest BCUT2D eigenvalue weighted by molar-refractivity contribution is 7.17. The van der Waals surface area contributed by atoms with Crippen molar-refractivity contribution in [3.05, 3.63) is 70.8 Å². The van der Waals surface area contributed by atoms with Gasteiger partial charge in [-0.1, -0.05) is 24.3 Å². The molecule has 1 saturated heterocycles. The number of hydrogen-bond acceptors (Lipinski definition) is 6. The first-order chi connectivity index (χ1) is 14.2. The summed E-state index contributed by atoms with van der Waals surface area (Å²) in [4.78, 5) is 21.5. The summed E-state index contributed by atoms with van der Waals surface area (Å²) in [7, 11) is 0. The van der Waals surface area contributed by atoms with E-state index in [1.54, 1.807) is 17.6 Å². The van der Waals surface area contributed by atoms with Crippen molar-refractivity contribution in [2.45, 2.75) is 19.4 Å². The van der Waals surface area contributed by atoms with Gasteiger partial charge in [-0.3, -0.25) is 4.79 Å². The molecule has 0 bridgehead atoms. The zero-order chi connectivity index (χ0) is 19.8. The molecule has 146 valence electrons. The molecule has 4 aromatic rings. The number of hydrogen-bond donors (Lipinski definition) is 1. The van der Waals surface area contributed by atoms with Crippen LogP contribution in [0.4, 0.5) is 0 Å². The lowest BCUT2D eigenvalue weighted by Gasteiger charge is -2.26. The summed E-state index contributed by atoms with van der Waals surface area (Å²) in [5.74, 6) is 0.504. The highest BCUT2D eigenvalue weighted by Gasteiger charge is 2.22. The molecule has 0 aliphatic carbocycles. The number of nitrogens with one attached hydrogen (secondary N) is 1. The van der Waals surface area contributed by atoms with E-state index in [2.05, 4.69) is 27.4 Å². The number of fused-ring (bicyclic) bond motifs is 1. The van der Waals surface area contributed by atoms with Crippen molar-refractivity contribution in [2.75, 3.05) is 13.2 Å². The predicted molar refractivity (Wildman–Crippen MR) is 111 cm³/mol. The monoisotopic (exact) mass is 405 g/mol. The minimum atomic E-state index is -0.149. The molecule has 0 radical (unpaired) electrons. The third-order valence-corrected chi connectivity index (χ3v) is 5.94. The molecule has 1 fully saturated rings. The van der Waals surface area contributed by atoms with E-state index in [4.69, 9.17) is 9.15 Å². The van der Waals surface area contributed by atoms with Crippen LogP contribution in [-0.2, 0) is 11.2 Å². The Morgan fingerprint density at radius 1 is 1.21 bits per heavy atom. The summed E-state index contributed by atoms with van der Waals surface area (Å²) in [6.07, 6.45) is 2.39. The van der Waals surface area contributed by atoms with Gasteiger partial charge in [0.25, 0.3) is 5.91 Å². The molecule has 0 atom stereocenters. The number of thiophene rings is 1. The Bertz CT molecular complexity index is 1180. The fourth-order valence-corrected chi connectivity index (χ4v) is 4.21. The smallest absolute Gasteiger partial charge is 0.270 e. The van der Waals surface area contributed by atoms with Crippen LogP contribution in [0.1, 0.15) is 27.5 Å². The van der Waals surface area contributed by atoms with Crippen molar-refractivity contribution in [3.63, 3.8) is 0 Å². The zero-order valence-corrected chi connectivity index (χ0v) is 16.7. The fraction of sp³-hybridized carbons (Fsp3) is 0.227. The molecule has 1 aliphatic heterocycles. The Kier molecular flexibility index (Phi) is 4.61. The number of pyridine rings is 1. The van der Waals surface area contributed by atoms with Crippen molar-refractivity contribution in [1.29, 1.82) is 0 Å². The van der Waals surface area contributed by atoms with Crippen LogP contribution in [0.5, 0.6) is 0 Å². The van der Waals surface area contributed by atoms with E-state index in [0.717, 1.165) is 39.0 Å². The van der Waals surface area contributed by atoms with Gasteiger partial charge in [0.2, 0.25) is 0 Å². The van der Waals surface area contributed by atoms with Gasteiger partial charge < -0.3 is 14.5 Å². The molecular weight excluding hydrogens is 386 g/mol. The molecule has 1 amide bonds. The maximum absolute atomic E-state index is 12.6. The molecule has 0 unspecified atom stereocenters. The molecule has 29 heavy (non-hydrogen) atoms. The Balaban J connectivity index is 1.41. The lowest BCUT2D eigenvalue weighted by molar-refractivity contribution is -0.00354. The molecule has 7 heteroatoms. The lowest BCUT2D eigenvalue weighted by atomic mass is 10.0. The third kappa shape index (κ3) is 3.66. The number of nitrogens with zero attached hydrogens (tertiary/aromatic N) is 2. The van der Waals surface area contributed by atoms with Gasteiger partial charge in [0.05, 0.1) is 29.5 Å². The average molecular weight is 405 g/mol. The summed E-state index contributed by atoms with van der Waals surface area (Å²) in [5.41, 5.74) is 5.42. The summed E-state index contributed by atoms with van der Waals surface area (Å²) >= 11 is 1.65. The van der Waals surface area contributed by atoms with Crippen molar-refractivity contribution in [2.24, 2.45) is 0 Å². The van der Waals surface area contributed by atoms with Gasteiger partial charge in [0.1, 0.15) is 17.7 Å². The molecule has 0 spiro atoms. The first-order valence-electron chi connectivity index (χ1n) is 9.43. The maximum Gasteiger partial charge on any atom is 0.270 e. The van der Waals surface area contributed by atoms with Crippen LogP contribution in [0.15, 0.2) is 52.5 Å². The Morgan fingerprint density at radius 3 is 2.72 bits per heavy atom. The molecule has 5 rings (SSSR count). The van der Waals surface area contributed by atoms with Gasteiger partial charge in [-0.2, -0.15) is 0 Å². The number of rotatable bonds is 5. The SMILES string of the molecule is Cc1nc(-c2ccc(Cc3cc(C(=O)NC4COC4)nc4ccsc34)cc2)co1. The normalized spacial score (nSPS) is 14.1. The molecule has 1 N–H and O–H groups in total. The number of amides is 1. The number of ether oxygens (including phenoxy) is 1. The van der Waals surface area contributed by atoms with Crippen molar-refractivity contribution in [3.8, 4) is 11.3 Å². The molecule has 3 aromatic heterocycles. The molecule has 6 nitrogen and oxygen atoms in total. The minimum absolute atomic E-state index is 0.0821. The van der Waals surface area contributed by atoms with Gasteiger partial charge in [0.15, 0.2) is 5.89 Å². The first-order valence-corrected chi connectivity index (χ1v) is 10.3. The second-order valence-corrected chi connectivity index (χ2v) is 8.05. The quantitative estimate of drug-likeness (QED) is 0.543. The largest absolute Gasteiger partial charge is 0.449 e. The van der Waals surface area contributed by atoms with E-state index in [9.17, 15) is 4.79 Å². The van der Waals surface area contributed by atoms with E-state index < -0.39 is 0 Å². The first kappa shape index (κ1) is 18.0. The number of carbonyl (C=O) groups is 1. The van der Waals surface area contributed by atoms with E-state index in [0.29, 0.717) is 24.8 Å². The van der Waals surface area contributed by atoms with Crippen molar-refractivity contribution >= 4 is 27.5 Å². The van der Waals surface area contributed by atoms with Crippen LogP contribution < -0.4 is 5.32 Å². The van der Waals surface area contributed by atoms with E-state index >= 15 is 0 Å². The van der Waals surface area contributed by atoms with Gasteiger partial charge in [-0.25, -0.2) is 9.97 Å². The van der Waals surface area contributed by atoms with Gasteiger partial charge in [0, 0.05) is 12.5 Å². The maximum atomic E-state index is 12.6. The molecule has 1 aromatic carbocycles. The predicted octanol–water partition coefficient (Wildman–Crippen LogP) is 3.98. The Hall–Kier alpha value is -3.03. The summed E-state index contributed by atoms with van der Waals surface area (Å²) in [6, 6.07) is 12.2. The third-order valence-electron chi connectivity index (χ3n) is 4.96. The van der Waals surface area contributed by atoms with Crippen LogP contribution in [0.25, 0.3) is 21.5 Å². The topological polar surface area (TPSA) is 77.2 Å². The summed E-state index contributed by atoms with van der Waals surface area (Å²) in [6.45, 7) is 2.96. The van der Waals surface area contributed by atoms with Gasteiger partial charge in [-0.15, -0.1) is 11.3 Å². The Labute approximate surface area is 171 Å². The number of benzene rings is 1. The van der Waals surface area contributed by atoms with Crippen LogP contribution in [0, 0.1) is 6.92 Å². The molecule has 0 saturated carbocycles. The number of aryl methyl sites for hydroxylation is 1. The number of oxazole rings is 1. The van der Waals surface area contributed by atoms with Crippen LogP contribution in [0.2, 0.25) is 0 Å². The average Bonchev–Trinajstić information content (AvgIpc) is 3.34. The fourth-order valence-electron chi connectivity index (χ4n) is 3.36. The number of carbonyl (C=O) groups excluding carboxylic acids is 1. The molecule has 4 heterocycles. The van der Waals surface area contributed by atoms with E-state index in [-0.39, 0.29) is 11.9 Å². The highest BCUT2D eigenvalue weighted by atomic mass is 32.1. The van der Waals surface area contributed by atoms with Gasteiger partial charge in [-0.05, 0) is 35.1 Å². The van der Waals surface area contributed by atoms with Crippen LogP contribution in [0.3, 0.4) is 0 Å². The van der Waals surface area contributed by atoms with Gasteiger partial charge >= 0.3 is 0 Å². The van der Waals surface area contributed by atoms with E-state index in [1.807, 2.05) is 36.6 Å². The Morgan fingerprint density at radius 2 is 2.03 bits per heavy atom. The minimum Gasteiger partial charge on any atom is -0.449 e.